The van der Waals surface area contributed by atoms with Gasteiger partial charge in [-0.15, -0.1) is 0 Å². The van der Waals surface area contributed by atoms with Gasteiger partial charge < -0.3 is 4.74 Å². The molecule has 2 aliphatic rings. The number of fused-ring (bicyclic) bond motifs is 1. The second kappa shape index (κ2) is 4.58. The maximum absolute atomic E-state index is 8.82. The highest BCUT2D eigenvalue weighted by molar-refractivity contribution is 4.86. The van der Waals surface area contributed by atoms with E-state index in [0.717, 1.165) is 25.7 Å². The van der Waals surface area contributed by atoms with Crippen LogP contribution in [0.1, 0.15) is 45.4 Å². The molecule has 0 amide bonds. The highest BCUT2D eigenvalue weighted by Crippen LogP contribution is 2.44. The van der Waals surface area contributed by atoms with Gasteiger partial charge >= 0.3 is 0 Å². The molecule has 1 aliphatic carbocycles. The van der Waals surface area contributed by atoms with Crippen LogP contribution in [0.4, 0.5) is 0 Å². The van der Waals surface area contributed by atoms with Crippen LogP contribution in [0.15, 0.2) is 0 Å². The lowest BCUT2D eigenvalue weighted by molar-refractivity contribution is -0.538. The third-order valence-corrected chi connectivity index (χ3v) is 3.79. The Hall–Kier alpha value is -0.200. The van der Waals surface area contributed by atoms with Crippen molar-refractivity contribution in [2.75, 3.05) is 7.11 Å². The molecule has 1 heterocycles. The smallest absolute Gasteiger partial charge is 0.231 e. The van der Waals surface area contributed by atoms with E-state index >= 15 is 0 Å². The van der Waals surface area contributed by atoms with Crippen LogP contribution in [0, 0.1) is 5.92 Å². The lowest BCUT2D eigenvalue weighted by Gasteiger charge is -2.39. The second-order valence-electron chi connectivity index (χ2n) is 4.89. The molecule has 1 saturated heterocycles. The number of ether oxygens (including phenoxy) is 1. The molecule has 3 atom stereocenters. The molecule has 1 aliphatic heterocycles. The van der Waals surface area contributed by atoms with Crippen molar-refractivity contribution < 1.29 is 24.7 Å². The molecule has 2 rings (SSSR count). The van der Waals surface area contributed by atoms with Gasteiger partial charge in [0.15, 0.2) is 0 Å². The summed E-state index contributed by atoms with van der Waals surface area (Å²) in [5.74, 6) is -1.43. The average Bonchev–Trinajstić information content (AvgIpc) is 2.49. The first kappa shape index (κ1) is 12.3. The van der Waals surface area contributed by atoms with Crippen LogP contribution >= 0.6 is 0 Å². The largest absolute Gasteiger partial charge is 0.350 e. The summed E-state index contributed by atoms with van der Waals surface area (Å²) in [5.41, 5.74) is 0. The summed E-state index contributed by atoms with van der Waals surface area (Å²) < 4.78 is 5.52. The lowest BCUT2D eigenvalue weighted by atomic mass is 9.80. The zero-order chi connectivity index (χ0) is 11.6. The summed E-state index contributed by atoms with van der Waals surface area (Å²) in [5, 5.41) is 8.82. The highest BCUT2D eigenvalue weighted by Gasteiger charge is 2.49. The van der Waals surface area contributed by atoms with Gasteiger partial charge in [-0.1, -0.05) is 6.42 Å². The summed E-state index contributed by atoms with van der Waals surface area (Å²) in [7, 11) is 1.64. The molecule has 1 saturated carbocycles. The van der Waals surface area contributed by atoms with E-state index in [9.17, 15) is 0 Å². The predicted octanol–water partition coefficient (Wildman–Crippen LogP) is 2.47. The molecule has 0 aromatic carbocycles. The molecular formula is C11H20O5. The Morgan fingerprint density at radius 1 is 1.19 bits per heavy atom. The zero-order valence-corrected chi connectivity index (χ0v) is 9.90. The van der Waals surface area contributed by atoms with E-state index in [-0.39, 0.29) is 0 Å². The third kappa shape index (κ3) is 2.10. The summed E-state index contributed by atoms with van der Waals surface area (Å²) in [4.78, 5) is 15.0. The van der Waals surface area contributed by atoms with E-state index in [4.69, 9.17) is 19.8 Å². The first-order valence-corrected chi connectivity index (χ1v) is 5.89. The van der Waals surface area contributed by atoms with Gasteiger partial charge in [0.1, 0.15) is 0 Å². The summed E-state index contributed by atoms with van der Waals surface area (Å²) >= 11 is 0. The van der Waals surface area contributed by atoms with Crippen LogP contribution in [0.5, 0.6) is 0 Å². The van der Waals surface area contributed by atoms with Gasteiger partial charge in [0.2, 0.25) is 11.6 Å². The van der Waals surface area contributed by atoms with E-state index in [1.165, 1.54) is 6.42 Å². The number of hydrogen-bond donors (Lipinski definition) is 1. The van der Waals surface area contributed by atoms with Gasteiger partial charge in [0.25, 0.3) is 0 Å². The molecule has 5 heteroatoms. The van der Waals surface area contributed by atoms with E-state index < -0.39 is 11.6 Å². The minimum atomic E-state index is -1.08. The Morgan fingerprint density at radius 3 is 2.69 bits per heavy atom. The van der Waals surface area contributed by atoms with E-state index in [2.05, 4.69) is 4.89 Å². The molecule has 94 valence electrons. The minimum Gasteiger partial charge on any atom is -0.350 e. The number of rotatable bonds is 2. The van der Waals surface area contributed by atoms with Crippen molar-refractivity contribution in [1.29, 1.82) is 0 Å². The maximum Gasteiger partial charge on any atom is 0.231 e. The Labute approximate surface area is 95.5 Å². The van der Waals surface area contributed by atoms with Gasteiger partial charge in [-0.05, 0) is 26.2 Å². The average molecular weight is 232 g/mol. The van der Waals surface area contributed by atoms with Crippen molar-refractivity contribution in [3.8, 4) is 0 Å². The molecule has 0 bridgehead atoms. The van der Waals surface area contributed by atoms with E-state index in [1.54, 1.807) is 14.0 Å². The van der Waals surface area contributed by atoms with Crippen LogP contribution in [-0.4, -0.2) is 23.9 Å². The maximum atomic E-state index is 8.82. The van der Waals surface area contributed by atoms with E-state index in [0.29, 0.717) is 12.3 Å². The molecular weight excluding hydrogens is 212 g/mol. The Morgan fingerprint density at radius 2 is 2.00 bits per heavy atom. The topological polar surface area (TPSA) is 57.2 Å². The quantitative estimate of drug-likeness (QED) is 0.585. The Balaban J connectivity index is 2.14. The molecule has 16 heavy (non-hydrogen) atoms. The van der Waals surface area contributed by atoms with Gasteiger partial charge in [-0.2, -0.15) is 9.78 Å². The van der Waals surface area contributed by atoms with E-state index in [1.807, 2.05) is 0 Å². The van der Waals surface area contributed by atoms with Gasteiger partial charge in [-0.3, -0.25) is 0 Å². The van der Waals surface area contributed by atoms with Crippen LogP contribution in [-0.2, 0) is 19.4 Å². The zero-order valence-electron chi connectivity index (χ0n) is 9.90. The van der Waals surface area contributed by atoms with Gasteiger partial charge in [-0.25, -0.2) is 10.1 Å². The van der Waals surface area contributed by atoms with Crippen molar-refractivity contribution in [1.82, 2.24) is 0 Å². The molecule has 0 radical (unpaired) electrons. The second-order valence-corrected chi connectivity index (χ2v) is 4.89. The minimum absolute atomic E-state index is 0.309. The summed E-state index contributed by atoms with van der Waals surface area (Å²) in [6.07, 6.45) is 5.62. The van der Waals surface area contributed by atoms with Crippen molar-refractivity contribution in [2.45, 2.75) is 57.0 Å². The predicted molar refractivity (Wildman–Crippen MR) is 55.2 cm³/mol. The third-order valence-electron chi connectivity index (χ3n) is 3.79. The molecule has 1 N–H and O–H groups in total. The van der Waals surface area contributed by atoms with Crippen molar-refractivity contribution >= 4 is 0 Å². The molecule has 0 aromatic heterocycles. The molecule has 0 spiro atoms. The van der Waals surface area contributed by atoms with Gasteiger partial charge in [0.05, 0.1) is 0 Å². The fraction of sp³-hybridized carbons (Fsp3) is 1.00. The monoisotopic (exact) mass is 232 g/mol. The van der Waals surface area contributed by atoms with Crippen LogP contribution in [0.25, 0.3) is 0 Å². The molecule has 5 nitrogen and oxygen atoms in total. The standard InChI is InChI=1S/C11H20O5/c1-10(14-12)8-6-9-5-3-4-7-11(9,13-2)16-15-10/h9,12H,3-8H2,1-2H3/t9-,10?,11-/m0/s1. The molecule has 1 unspecified atom stereocenters. The molecule has 2 fully saturated rings. The Kier molecular flexibility index (Phi) is 3.51. The van der Waals surface area contributed by atoms with Crippen LogP contribution in [0.2, 0.25) is 0 Å². The number of hydrogen-bond acceptors (Lipinski definition) is 5. The van der Waals surface area contributed by atoms with Crippen molar-refractivity contribution in [3.05, 3.63) is 0 Å². The van der Waals surface area contributed by atoms with Crippen LogP contribution < -0.4 is 0 Å². The fourth-order valence-corrected chi connectivity index (χ4v) is 2.66. The highest BCUT2D eigenvalue weighted by atomic mass is 17.3. The Bertz CT molecular complexity index is 247. The molecule has 0 aromatic rings. The van der Waals surface area contributed by atoms with Crippen molar-refractivity contribution in [2.24, 2.45) is 5.92 Å². The lowest BCUT2D eigenvalue weighted by Crippen LogP contribution is -2.44. The first-order chi connectivity index (χ1) is 7.64. The first-order valence-electron chi connectivity index (χ1n) is 5.89. The normalized spacial score (nSPS) is 44.8. The van der Waals surface area contributed by atoms with Crippen molar-refractivity contribution in [3.63, 3.8) is 0 Å². The SMILES string of the molecule is CO[C@]12CCCC[C@H]1CCC(C)(OO)OO2. The summed E-state index contributed by atoms with van der Waals surface area (Å²) in [6, 6.07) is 0. The fourth-order valence-electron chi connectivity index (χ4n) is 2.66. The summed E-state index contributed by atoms with van der Waals surface area (Å²) in [6.45, 7) is 1.66. The number of methoxy groups -OCH3 is 1. The van der Waals surface area contributed by atoms with Gasteiger partial charge in [0, 0.05) is 25.9 Å². The van der Waals surface area contributed by atoms with Crippen LogP contribution in [0.3, 0.4) is 0 Å².